The molecule has 3 heterocycles. The average Bonchev–Trinajstić information content (AvgIpc) is 3.39. The average molecular weight is 382 g/mol. The van der Waals surface area contributed by atoms with Gasteiger partial charge in [0.2, 0.25) is 5.91 Å². The van der Waals surface area contributed by atoms with Gasteiger partial charge >= 0.3 is 5.69 Å². The highest BCUT2D eigenvalue weighted by Gasteiger charge is 2.31. The van der Waals surface area contributed by atoms with Gasteiger partial charge in [-0.1, -0.05) is 30.3 Å². The maximum atomic E-state index is 12.8. The molecule has 1 atom stereocenters. The lowest BCUT2D eigenvalue weighted by molar-refractivity contribution is -0.131. The highest BCUT2D eigenvalue weighted by atomic mass is 16.2. The Hall–Kier alpha value is -2.67. The maximum Gasteiger partial charge on any atom is 0.331 e. The second kappa shape index (κ2) is 8.14. The largest absolute Gasteiger partial charge is 0.340 e. The van der Waals surface area contributed by atoms with Crippen molar-refractivity contribution in [3.8, 4) is 0 Å². The number of benzene rings is 1. The third kappa shape index (κ3) is 3.94. The third-order valence-electron chi connectivity index (χ3n) is 5.80. The predicted molar refractivity (Wildman–Crippen MR) is 106 cm³/mol. The zero-order valence-corrected chi connectivity index (χ0v) is 16.0. The van der Waals surface area contributed by atoms with Gasteiger partial charge in [0, 0.05) is 31.4 Å². The molecule has 0 bridgehead atoms. The van der Waals surface area contributed by atoms with Gasteiger partial charge in [-0.3, -0.25) is 23.6 Å². The van der Waals surface area contributed by atoms with Crippen LogP contribution in [-0.2, 0) is 17.9 Å². The van der Waals surface area contributed by atoms with Crippen molar-refractivity contribution in [2.24, 2.45) is 0 Å². The fraction of sp³-hybridized carbons (Fsp3) is 0.476. The van der Waals surface area contributed by atoms with E-state index in [0.29, 0.717) is 25.7 Å². The molecule has 1 aromatic carbocycles. The highest BCUT2D eigenvalue weighted by molar-refractivity contribution is 5.76. The fourth-order valence-corrected chi connectivity index (χ4v) is 4.21. The number of nitrogens with zero attached hydrogens (tertiary/aromatic N) is 4. The van der Waals surface area contributed by atoms with E-state index in [9.17, 15) is 14.4 Å². The topological polar surface area (TPSA) is 67.5 Å². The van der Waals surface area contributed by atoms with Crippen LogP contribution in [-0.4, -0.2) is 57.1 Å². The summed E-state index contributed by atoms with van der Waals surface area (Å²) in [6, 6.07) is 11.3. The van der Waals surface area contributed by atoms with Crippen molar-refractivity contribution in [2.75, 3.05) is 26.2 Å². The van der Waals surface area contributed by atoms with Crippen LogP contribution in [0.4, 0.5) is 0 Å². The van der Waals surface area contributed by atoms with E-state index >= 15 is 0 Å². The van der Waals surface area contributed by atoms with Gasteiger partial charge in [-0.2, -0.15) is 0 Å². The van der Waals surface area contributed by atoms with Gasteiger partial charge in [0.15, 0.2) is 0 Å². The molecule has 0 radical (unpaired) electrons. The molecule has 2 aliphatic rings. The minimum atomic E-state index is -0.444. The van der Waals surface area contributed by atoms with Crippen molar-refractivity contribution >= 4 is 5.91 Å². The van der Waals surface area contributed by atoms with E-state index < -0.39 is 11.2 Å². The molecule has 0 spiro atoms. The molecular weight excluding hydrogens is 356 g/mol. The SMILES string of the molecule is O=C(Cn1c(=O)ccn(Cc2ccccc2)c1=O)N1CCC(N2CCCC2)C1. The van der Waals surface area contributed by atoms with E-state index in [4.69, 9.17) is 0 Å². The summed E-state index contributed by atoms with van der Waals surface area (Å²) in [7, 11) is 0. The van der Waals surface area contributed by atoms with Crippen LogP contribution in [0, 0.1) is 0 Å². The Morgan fingerprint density at radius 2 is 1.75 bits per heavy atom. The van der Waals surface area contributed by atoms with E-state index in [1.54, 1.807) is 4.90 Å². The van der Waals surface area contributed by atoms with Crippen LogP contribution >= 0.6 is 0 Å². The maximum absolute atomic E-state index is 12.8. The van der Waals surface area contributed by atoms with Gasteiger partial charge in [0.05, 0.1) is 6.54 Å². The van der Waals surface area contributed by atoms with Crippen LogP contribution in [0.2, 0.25) is 0 Å². The monoisotopic (exact) mass is 382 g/mol. The van der Waals surface area contributed by atoms with Gasteiger partial charge in [0.25, 0.3) is 5.56 Å². The Balaban J connectivity index is 1.47. The minimum absolute atomic E-state index is 0.154. The van der Waals surface area contributed by atoms with E-state index in [0.717, 1.165) is 29.6 Å². The Labute approximate surface area is 163 Å². The quantitative estimate of drug-likeness (QED) is 0.766. The zero-order chi connectivity index (χ0) is 19.5. The number of likely N-dealkylation sites (tertiary alicyclic amines) is 2. The molecule has 0 saturated carbocycles. The summed E-state index contributed by atoms with van der Waals surface area (Å²) < 4.78 is 2.52. The van der Waals surface area contributed by atoms with E-state index in [-0.39, 0.29) is 12.5 Å². The lowest BCUT2D eigenvalue weighted by atomic mass is 10.2. The van der Waals surface area contributed by atoms with Crippen LogP contribution in [0.15, 0.2) is 52.2 Å². The molecule has 1 amide bonds. The number of hydrogen-bond acceptors (Lipinski definition) is 4. The number of amides is 1. The Morgan fingerprint density at radius 1 is 1.00 bits per heavy atom. The second-order valence-electron chi connectivity index (χ2n) is 7.66. The Morgan fingerprint density at radius 3 is 2.50 bits per heavy atom. The first-order chi connectivity index (χ1) is 13.6. The van der Waals surface area contributed by atoms with Crippen LogP contribution in [0.1, 0.15) is 24.8 Å². The second-order valence-corrected chi connectivity index (χ2v) is 7.66. The molecule has 148 valence electrons. The van der Waals surface area contributed by atoms with Crippen LogP contribution < -0.4 is 11.2 Å². The van der Waals surface area contributed by atoms with Crippen molar-refractivity contribution < 1.29 is 4.79 Å². The number of carbonyl (C=O) groups is 1. The zero-order valence-electron chi connectivity index (χ0n) is 16.0. The summed E-state index contributed by atoms with van der Waals surface area (Å²) in [6.45, 7) is 3.78. The van der Waals surface area contributed by atoms with Crippen molar-refractivity contribution in [3.05, 3.63) is 69.0 Å². The first-order valence-corrected chi connectivity index (χ1v) is 9.98. The van der Waals surface area contributed by atoms with Crippen molar-refractivity contribution in [1.29, 1.82) is 0 Å². The molecule has 0 aliphatic carbocycles. The van der Waals surface area contributed by atoms with E-state index in [2.05, 4.69) is 4.90 Å². The summed E-state index contributed by atoms with van der Waals surface area (Å²) >= 11 is 0. The molecule has 0 N–H and O–H groups in total. The van der Waals surface area contributed by atoms with Gasteiger partial charge in [0.1, 0.15) is 6.54 Å². The lowest BCUT2D eigenvalue weighted by Gasteiger charge is -2.23. The minimum Gasteiger partial charge on any atom is -0.340 e. The summed E-state index contributed by atoms with van der Waals surface area (Å²) in [4.78, 5) is 42.0. The number of carbonyl (C=O) groups excluding carboxylic acids is 1. The first-order valence-electron chi connectivity index (χ1n) is 9.98. The molecule has 2 aromatic rings. The Bertz CT molecular complexity index is 944. The van der Waals surface area contributed by atoms with Crippen LogP contribution in [0.5, 0.6) is 0 Å². The first kappa shape index (κ1) is 18.7. The van der Waals surface area contributed by atoms with Crippen molar-refractivity contribution in [2.45, 2.75) is 38.4 Å². The molecule has 2 saturated heterocycles. The van der Waals surface area contributed by atoms with Crippen LogP contribution in [0.25, 0.3) is 0 Å². The van der Waals surface area contributed by atoms with Crippen molar-refractivity contribution in [3.63, 3.8) is 0 Å². The van der Waals surface area contributed by atoms with Crippen LogP contribution in [0.3, 0.4) is 0 Å². The number of rotatable bonds is 5. The lowest BCUT2D eigenvalue weighted by Crippen LogP contribution is -2.44. The van der Waals surface area contributed by atoms with Gasteiger partial charge in [-0.15, -0.1) is 0 Å². The Kier molecular flexibility index (Phi) is 5.43. The summed E-state index contributed by atoms with van der Waals surface area (Å²) in [6.07, 6.45) is 4.92. The number of hydrogen-bond donors (Lipinski definition) is 0. The summed E-state index contributed by atoms with van der Waals surface area (Å²) in [5, 5.41) is 0. The predicted octanol–water partition coefficient (Wildman–Crippen LogP) is 0.755. The molecule has 7 nitrogen and oxygen atoms in total. The number of aromatic nitrogens is 2. The van der Waals surface area contributed by atoms with Gasteiger partial charge in [-0.05, 0) is 37.9 Å². The molecule has 4 rings (SSSR count). The van der Waals surface area contributed by atoms with Gasteiger partial charge < -0.3 is 4.90 Å². The molecule has 2 aliphatic heterocycles. The third-order valence-corrected chi connectivity index (χ3v) is 5.80. The molecule has 1 aromatic heterocycles. The van der Waals surface area contributed by atoms with Gasteiger partial charge in [-0.25, -0.2) is 4.79 Å². The molecular formula is C21H26N4O3. The fourth-order valence-electron chi connectivity index (χ4n) is 4.21. The molecule has 28 heavy (non-hydrogen) atoms. The molecule has 7 heteroatoms. The summed E-state index contributed by atoms with van der Waals surface area (Å²) in [5.74, 6) is -0.154. The molecule has 1 unspecified atom stereocenters. The normalized spacial score (nSPS) is 20.0. The molecule has 2 fully saturated rings. The highest BCUT2D eigenvalue weighted by Crippen LogP contribution is 2.20. The van der Waals surface area contributed by atoms with Crippen molar-refractivity contribution in [1.82, 2.24) is 18.9 Å². The summed E-state index contributed by atoms with van der Waals surface area (Å²) in [5.41, 5.74) is 0.0899. The van der Waals surface area contributed by atoms with E-state index in [1.807, 2.05) is 30.3 Å². The smallest absolute Gasteiger partial charge is 0.331 e. The standard InChI is InChI=1S/C21H26N4O3/c26-19-9-13-24(14-17-6-2-1-3-7-17)21(28)25(19)16-20(27)23-12-8-18(15-23)22-10-4-5-11-22/h1-3,6-7,9,13,18H,4-5,8,10-12,14-16H2. The van der Waals surface area contributed by atoms with E-state index in [1.165, 1.54) is 29.7 Å².